The van der Waals surface area contributed by atoms with E-state index in [2.05, 4.69) is 11.1 Å². The van der Waals surface area contributed by atoms with Crippen LogP contribution in [0.4, 0.5) is 0 Å². The van der Waals surface area contributed by atoms with Crippen LogP contribution in [0, 0.1) is 0 Å². The molecule has 0 spiro atoms. The van der Waals surface area contributed by atoms with E-state index in [0.717, 1.165) is 37.8 Å². The van der Waals surface area contributed by atoms with Gasteiger partial charge in [0.2, 0.25) is 0 Å². The van der Waals surface area contributed by atoms with E-state index in [9.17, 15) is 0 Å². The van der Waals surface area contributed by atoms with Gasteiger partial charge in [-0.25, -0.2) is 0 Å². The lowest BCUT2D eigenvalue weighted by Crippen LogP contribution is -2.22. The van der Waals surface area contributed by atoms with Crippen molar-refractivity contribution in [3.05, 3.63) is 30.1 Å². The smallest absolute Gasteiger partial charge is 0.384 e. The average Bonchev–Trinajstić information content (AvgIpc) is 2.31. The molecular formula is C12H20NO2Si. The first kappa shape index (κ1) is 13.4. The van der Waals surface area contributed by atoms with Crippen molar-refractivity contribution < 1.29 is 8.85 Å². The highest BCUT2D eigenvalue weighted by Gasteiger charge is 2.13. The van der Waals surface area contributed by atoms with E-state index in [0.29, 0.717) is 0 Å². The van der Waals surface area contributed by atoms with E-state index < -0.39 is 9.28 Å². The van der Waals surface area contributed by atoms with Gasteiger partial charge in [-0.1, -0.05) is 6.07 Å². The zero-order valence-electron chi connectivity index (χ0n) is 10.1. The summed E-state index contributed by atoms with van der Waals surface area (Å²) in [5.41, 5.74) is 1.15. The molecule has 89 valence electrons. The van der Waals surface area contributed by atoms with Crippen LogP contribution >= 0.6 is 0 Å². The summed E-state index contributed by atoms with van der Waals surface area (Å²) in [7, 11) is -1.04. The molecule has 0 aliphatic heterocycles. The number of hydrogen-bond donors (Lipinski definition) is 0. The minimum absolute atomic E-state index is 0.748. The Bertz CT molecular complexity index is 263. The Morgan fingerprint density at radius 1 is 1.19 bits per heavy atom. The average molecular weight is 238 g/mol. The van der Waals surface area contributed by atoms with Gasteiger partial charge in [0.05, 0.1) is 0 Å². The molecule has 0 saturated heterocycles. The maximum Gasteiger partial charge on any atom is 0.384 e. The van der Waals surface area contributed by atoms with E-state index in [1.54, 1.807) is 0 Å². The lowest BCUT2D eigenvalue weighted by Gasteiger charge is -2.12. The third kappa shape index (κ3) is 5.39. The van der Waals surface area contributed by atoms with Crippen LogP contribution in [0.25, 0.3) is 0 Å². The molecule has 1 aromatic heterocycles. The van der Waals surface area contributed by atoms with Crippen molar-refractivity contribution in [3.8, 4) is 0 Å². The summed E-state index contributed by atoms with van der Waals surface area (Å²) in [6.07, 6.45) is 3.94. The summed E-state index contributed by atoms with van der Waals surface area (Å²) < 4.78 is 11.2. The first-order valence-electron chi connectivity index (χ1n) is 5.88. The highest BCUT2D eigenvalue weighted by atomic mass is 28.3. The van der Waals surface area contributed by atoms with Gasteiger partial charge >= 0.3 is 9.28 Å². The third-order valence-corrected chi connectivity index (χ3v) is 4.13. The fraction of sp³-hybridized carbons (Fsp3) is 0.583. The molecule has 16 heavy (non-hydrogen) atoms. The van der Waals surface area contributed by atoms with E-state index >= 15 is 0 Å². The van der Waals surface area contributed by atoms with Gasteiger partial charge in [0, 0.05) is 25.1 Å². The van der Waals surface area contributed by atoms with E-state index in [-0.39, 0.29) is 0 Å². The summed E-state index contributed by atoms with van der Waals surface area (Å²) in [6.45, 7) is 5.53. The van der Waals surface area contributed by atoms with Crippen molar-refractivity contribution >= 4 is 9.28 Å². The van der Waals surface area contributed by atoms with Gasteiger partial charge in [-0.05, 0) is 44.9 Å². The van der Waals surface area contributed by atoms with Crippen molar-refractivity contribution in [2.75, 3.05) is 13.2 Å². The molecule has 0 N–H and O–H groups in total. The number of hydrogen-bond acceptors (Lipinski definition) is 3. The number of nitrogens with zero attached hydrogens (tertiary/aromatic N) is 1. The first-order valence-corrected chi connectivity index (χ1v) is 7.40. The van der Waals surface area contributed by atoms with Gasteiger partial charge in [-0.15, -0.1) is 0 Å². The predicted molar refractivity (Wildman–Crippen MR) is 66.4 cm³/mol. The Labute approximate surface area is 99.7 Å². The van der Waals surface area contributed by atoms with Crippen LogP contribution in [0.5, 0.6) is 0 Å². The molecule has 1 radical (unpaired) electrons. The van der Waals surface area contributed by atoms with Gasteiger partial charge in [-0.3, -0.25) is 4.98 Å². The minimum Gasteiger partial charge on any atom is -0.394 e. The third-order valence-electron chi connectivity index (χ3n) is 2.15. The van der Waals surface area contributed by atoms with Gasteiger partial charge in [0.25, 0.3) is 0 Å². The monoisotopic (exact) mass is 238 g/mol. The van der Waals surface area contributed by atoms with Crippen LogP contribution < -0.4 is 0 Å². The van der Waals surface area contributed by atoms with Gasteiger partial charge < -0.3 is 8.85 Å². The lowest BCUT2D eigenvalue weighted by molar-refractivity contribution is 0.213. The molecule has 3 nitrogen and oxygen atoms in total. The highest BCUT2D eigenvalue weighted by molar-refractivity contribution is 6.44. The Morgan fingerprint density at radius 2 is 1.94 bits per heavy atom. The molecule has 0 aromatic carbocycles. The predicted octanol–water partition coefficient (Wildman–Crippen LogP) is 2.58. The SMILES string of the molecule is CCO[Si](CCCc1ccccn1)OCC. The van der Waals surface area contributed by atoms with Crippen LogP contribution in [0.15, 0.2) is 24.4 Å². The standard InChI is InChI=1S/C12H20NO2Si/c1-3-14-16(15-4-2)11-7-9-12-8-5-6-10-13-12/h5-6,8,10H,3-4,7,9,11H2,1-2H3. The molecule has 1 rings (SSSR count). The molecule has 0 amide bonds. The number of aromatic nitrogens is 1. The Hall–Kier alpha value is -0.713. The van der Waals surface area contributed by atoms with Crippen LogP contribution in [-0.4, -0.2) is 27.5 Å². The molecule has 0 fully saturated rings. The fourth-order valence-corrected chi connectivity index (χ4v) is 2.95. The van der Waals surface area contributed by atoms with Gasteiger partial charge in [-0.2, -0.15) is 0 Å². The molecule has 0 bridgehead atoms. The van der Waals surface area contributed by atoms with Crippen molar-refractivity contribution in [1.82, 2.24) is 4.98 Å². The van der Waals surface area contributed by atoms with E-state index in [4.69, 9.17) is 8.85 Å². The first-order chi connectivity index (χ1) is 7.86. The molecule has 4 heteroatoms. The molecular weight excluding hydrogens is 218 g/mol. The number of rotatable bonds is 8. The second-order valence-electron chi connectivity index (χ2n) is 3.41. The van der Waals surface area contributed by atoms with Crippen molar-refractivity contribution in [3.63, 3.8) is 0 Å². The largest absolute Gasteiger partial charge is 0.394 e. The summed E-state index contributed by atoms with van der Waals surface area (Å²) in [6, 6.07) is 7.06. The Morgan fingerprint density at radius 3 is 2.50 bits per heavy atom. The Balaban J connectivity index is 2.22. The van der Waals surface area contributed by atoms with Crippen molar-refractivity contribution in [1.29, 1.82) is 0 Å². The van der Waals surface area contributed by atoms with E-state index in [1.807, 2.05) is 32.2 Å². The highest BCUT2D eigenvalue weighted by Crippen LogP contribution is 2.06. The van der Waals surface area contributed by atoms with Crippen LogP contribution in [-0.2, 0) is 15.3 Å². The topological polar surface area (TPSA) is 31.4 Å². The summed E-state index contributed by atoms with van der Waals surface area (Å²) >= 11 is 0. The minimum atomic E-state index is -1.04. The zero-order valence-corrected chi connectivity index (χ0v) is 11.1. The maximum atomic E-state index is 5.58. The summed E-state index contributed by atoms with van der Waals surface area (Å²) in [5.74, 6) is 0. The summed E-state index contributed by atoms with van der Waals surface area (Å²) in [4.78, 5) is 4.30. The van der Waals surface area contributed by atoms with Crippen molar-refractivity contribution in [2.45, 2.75) is 32.7 Å². The second kappa shape index (κ2) is 8.44. The Kier molecular flexibility index (Phi) is 7.04. The maximum absolute atomic E-state index is 5.58. The zero-order chi connectivity index (χ0) is 11.6. The molecule has 0 saturated carbocycles. The molecule has 0 aliphatic carbocycles. The summed E-state index contributed by atoms with van der Waals surface area (Å²) in [5, 5.41) is 0. The van der Waals surface area contributed by atoms with Crippen LogP contribution in [0.3, 0.4) is 0 Å². The number of aryl methyl sites for hydroxylation is 1. The van der Waals surface area contributed by atoms with Gasteiger partial charge in [0.1, 0.15) is 0 Å². The molecule has 0 unspecified atom stereocenters. The quantitative estimate of drug-likeness (QED) is 0.652. The van der Waals surface area contributed by atoms with Crippen LogP contribution in [0.2, 0.25) is 6.04 Å². The molecule has 0 aliphatic rings. The van der Waals surface area contributed by atoms with E-state index in [1.165, 1.54) is 0 Å². The van der Waals surface area contributed by atoms with Crippen molar-refractivity contribution in [2.24, 2.45) is 0 Å². The molecule has 0 atom stereocenters. The van der Waals surface area contributed by atoms with Crippen LogP contribution in [0.1, 0.15) is 26.0 Å². The number of pyridine rings is 1. The molecule has 1 heterocycles. The molecule has 1 aromatic rings. The fourth-order valence-electron chi connectivity index (χ4n) is 1.47. The van der Waals surface area contributed by atoms with Gasteiger partial charge in [0.15, 0.2) is 0 Å². The lowest BCUT2D eigenvalue weighted by atomic mass is 10.2. The normalized spacial score (nSPS) is 10.9. The second-order valence-corrected chi connectivity index (χ2v) is 5.23.